The molecule has 0 spiro atoms. The van der Waals surface area contributed by atoms with Gasteiger partial charge in [0, 0.05) is 25.8 Å². The first-order valence-corrected chi connectivity index (χ1v) is 19.4. The number of carboxylic acid groups (broad SMARTS) is 3. The third kappa shape index (κ3) is 11.2. The molecule has 3 heterocycles. The number of aliphatic hydroxyl groups is 10. The second kappa shape index (κ2) is 19.2. The molecule has 3 aliphatic heterocycles. The quantitative estimate of drug-likeness (QED) is 0.0505. The lowest BCUT2D eigenvalue weighted by Gasteiger charge is -2.51. The summed E-state index contributed by atoms with van der Waals surface area (Å²) < 4.78 is 64.1. The van der Waals surface area contributed by atoms with Crippen molar-refractivity contribution in [2.24, 2.45) is 5.73 Å². The Labute approximate surface area is 319 Å². The van der Waals surface area contributed by atoms with Gasteiger partial charge in [0.05, 0.1) is 44.7 Å². The zero-order valence-corrected chi connectivity index (χ0v) is 30.9. The van der Waals surface area contributed by atoms with Gasteiger partial charge in [-0.25, -0.2) is 23.5 Å². The van der Waals surface area contributed by atoms with Crippen LogP contribution in [-0.2, 0) is 60.6 Å². The minimum atomic E-state index is -5.86. The van der Waals surface area contributed by atoms with Crippen LogP contribution in [0, 0.1) is 0 Å². The first-order chi connectivity index (χ1) is 26.3. The first-order valence-electron chi connectivity index (χ1n) is 16.4. The standard InChI is InChI=1S/C26H45NO28P2/c27-1-2-48-56(44,45)55-57(46,47)54-14(8-30)20-15(34)9(31)3-25(53-20,22(39)40)50-13-5-26(23(41)42,52-19(17(13)36)11(33)7-29)49-12-4-24(43,21(37)38)51-18(16(12)35)10(32)6-28/h9-20,28-36,43H,1-8,27H2,(H,37,38)(H,39,40)(H,41,42)(H,44,45)(H,46,47)/t9-,10-,11-,12-,13-,14-,15-,16-,17-,18-,19-,20-,24-,25-,26-/m1/s1. The molecule has 0 saturated carbocycles. The Morgan fingerprint density at radius 1 is 0.702 bits per heavy atom. The Hall–Kier alpha value is -1.97. The summed E-state index contributed by atoms with van der Waals surface area (Å²) in [5.41, 5.74) is 5.12. The van der Waals surface area contributed by atoms with E-state index in [0.29, 0.717) is 0 Å². The zero-order chi connectivity index (χ0) is 43.5. The van der Waals surface area contributed by atoms with Crippen LogP contribution in [0.25, 0.3) is 0 Å². The van der Waals surface area contributed by atoms with E-state index in [2.05, 4.69) is 13.4 Å². The van der Waals surface area contributed by atoms with E-state index in [4.69, 9.17) is 29.4 Å². The van der Waals surface area contributed by atoms with Crippen LogP contribution >= 0.6 is 15.6 Å². The Bertz CT molecular complexity index is 1510. The van der Waals surface area contributed by atoms with Gasteiger partial charge in [0.2, 0.25) is 0 Å². The smallest absolute Gasteiger partial charge is 0.477 e. The summed E-state index contributed by atoms with van der Waals surface area (Å²) in [4.78, 5) is 57.4. The van der Waals surface area contributed by atoms with Crippen LogP contribution in [0.1, 0.15) is 19.3 Å². The molecule has 17 atom stereocenters. The van der Waals surface area contributed by atoms with E-state index in [9.17, 15) is 99.7 Å². The number of phosphoric ester groups is 2. The normalized spacial score (nSPS) is 39.9. The molecule has 3 saturated heterocycles. The van der Waals surface area contributed by atoms with E-state index in [-0.39, 0.29) is 6.54 Å². The highest BCUT2D eigenvalue weighted by Gasteiger charge is 2.63. The fourth-order valence-corrected chi connectivity index (χ4v) is 8.29. The number of hydrogen-bond donors (Lipinski definition) is 16. The summed E-state index contributed by atoms with van der Waals surface area (Å²) in [6.07, 6.45) is -32.2. The van der Waals surface area contributed by atoms with E-state index in [1.807, 2.05) is 0 Å². The molecule has 57 heavy (non-hydrogen) atoms. The van der Waals surface area contributed by atoms with Crippen molar-refractivity contribution in [3.8, 4) is 0 Å². The van der Waals surface area contributed by atoms with Crippen molar-refractivity contribution >= 4 is 33.6 Å². The maximum absolute atomic E-state index is 12.9. The molecule has 29 nitrogen and oxygen atoms in total. The third-order valence-electron chi connectivity index (χ3n) is 8.77. The average Bonchev–Trinajstić information content (AvgIpc) is 3.12. The maximum Gasteiger partial charge on any atom is 0.481 e. The molecule has 332 valence electrons. The Morgan fingerprint density at radius 3 is 1.63 bits per heavy atom. The van der Waals surface area contributed by atoms with Gasteiger partial charge in [-0.3, -0.25) is 9.05 Å². The monoisotopic (exact) mass is 881 g/mol. The van der Waals surface area contributed by atoms with E-state index in [0.717, 1.165) is 0 Å². The Morgan fingerprint density at radius 2 is 1.18 bits per heavy atom. The van der Waals surface area contributed by atoms with Crippen LogP contribution < -0.4 is 5.73 Å². The lowest BCUT2D eigenvalue weighted by atomic mass is 9.89. The van der Waals surface area contributed by atoms with E-state index in [1.54, 1.807) is 0 Å². The topological polar surface area (TPSA) is 489 Å². The van der Waals surface area contributed by atoms with Gasteiger partial charge in [0.15, 0.2) is 0 Å². The lowest BCUT2D eigenvalue weighted by Crippen LogP contribution is -2.69. The van der Waals surface area contributed by atoms with Crippen molar-refractivity contribution < 1.29 is 137 Å². The van der Waals surface area contributed by atoms with Gasteiger partial charge in [-0.1, -0.05) is 0 Å². The molecule has 0 bridgehead atoms. The van der Waals surface area contributed by atoms with E-state index < -0.39 is 170 Å². The summed E-state index contributed by atoms with van der Waals surface area (Å²) in [5.74, 6) is -16.9. The molecule has 17 N–H and O–H groups in total. The molecule has 0 aromatic heterocycles. The Kier molecular flexibility index (Phi) is 16.6. The predicted octanol–water partition coefficient (Wildman–Crippen LogP) is -7.82. The highest BCUT2D eigenvalue weighted by molar-refractivity contribution is 7.61. The summed E-state index contributed by atoms with van der Waals surface area (Å²) in [6.45, 7) is -5.10. The fourth-order valence-electron chi connectivity index (χ4n) is 6.04. The first kappa shape index (κ1) is 49.4. The second-order valence-corrected chi connectivity index (χ2v) is 15.9. The number of phosphoric acid groups is 2. The number of hydrogen-bond acceptors (Lipinski definition) is 24. The fraction of sp³-hybridized carbons (Fsp3) is 0.885. The van der Waals surface area contributed by atoms with Gasteiger partial charge < -0.3 is 106 Å². The molecule has 3 aliphatic rings. The average molecular weight is 882 g/mol. The van der Waals surface area contributed by atoms with Gasteiger partial charge in [-0.15, -0.1) is 0 Å². The second-order valence-electron chi connectivity index (χ2n) is 12.9. The maximum atomic E-state index is 12.9. The number of ether oxygens (including phenoxy) is 5. The summed E-state index contributed by atoms with van der Waals surface area (Å²) in [6, 6.07) is 0. The lowest BCUT2D eigenvalue weighted by molar-refractivity contribution is -0.390. The summed E-state index contributed by atoms with van der Waals surface area (Å²) in [5, 5.41) is 134. The summed E-state index contributed by atoms with van der Waals surface area (Å²) >= 11 is 0. The summed E-state index contributed by atoms with van der Waals surface area (Å²) in [7, 11) is -11.3. The van der Waals surface area contributed by atoms with Crippen molar-refractivity contribution in [3.63, 3.8) is 0 Å². The van der Waals surface area contributed by atoms with Crippen LogP contribution in [-0.4, -0.2) is 218 Å². The molecule has 0 aromatic rings. The van der Waals surface area contributed by atoms with Crippen molar-refractivity contribution in [2.45, 2.75) is 110 Å². The van der Waals surface area contributed by atoms with Gasteiger partial charge in [-0.05, 0) is 0 Å². The minimum Gasteiger partial charge on any atom is -0.477 e. The van der Waals surface area contributed by atoms with Crippen LogP contribution in [0.4, 0.5) is 0 Å². The van der Waals surface area contributed by atoms with Gasteiger partial charge in [0.1, 0.15) is 54.9 Å². The number of aliphatic carboxylic acids is 3. The molecular formula is C26H45NO28P2. The van der Waals surface area contributed by atoms with Crippen LogP contribution in [0.5, 0.6) is 0 Å². The van der Waals surface area contributed by atoms with Crippen LogP contribution in [0.2, 0.25) is 0 Å². The molecular weight excluding hydrogens is 836 g/mol. The van der Waals surface area contributed by atoms with Crippen molar-refractivity contribution in [1.82, 2.24) is 0 Å². The number of carbonyl (C=O) groups is 3. The van der Waals surface area contributed by atoms with Gasteiger partial charge >= 0.3 is 33.6 Å². The highest BCUT2D eigenvalue weighted by atomic mass is 31.3. The van der Waals surface area contributed by atoms with Crippen molar-refractivity contribution in [1.29, 1.82) is 0 Å². The molecule has 0 aromatic carbocycles. The number of carboxylic acids is 3. The van der Waals surface area contributed by atoms with Crippen LogP contribution in [0.3, 0.4) is 0 Å². The van der Waals surface area contributed by atoms with E-state index >= 15 is 0 Å². The number of rotatable bonds is 20. The Balaban J connectivity index is 2.06. The predicted molar refractivity (Wildman–Crippen MR) is 169 cm³/mol. The van der Waals surface area contributed by atoms with Crippen molar-refractivity contribution in [3.05, 3.63) is 0 Å². The van der Waals surface area contributed by atoms with Gasteiger partial charge in [0.25, 0.3) is 17.4 Å². The third-order valence-corrected chi connectivity index (χ3v) is 11.5. The molecule has 31 heteroatoms. The SMILES string of the molecule is NCCOP(=O)(O)OP(=O)(O)O[C@H](CO)[C@H]1O[C@@](O[C@@H]2C[C@](O[C@@H]3C[C@](O)(C(=O)O)O[C@H]([C@H](O)CO)[C@@H]3O)(C(=O)O)O[C@H]([C@H](O)CO)[C@@H]2O)(C(=O)O)C[C@@H](O)[C@H]1O. The minimum absolute atomic E-state index is 0.372. The van der Waals surface area contributed by atoms with Crippen molar-refractivity contribution in [2.75, 3.05) is 33.0 Å². The zero-order valence-electron chi connectivity index (χ0n) is 29.1. The number of nitrogens with two attached hydrogens (primary N) is 1. The molecule has 0 radical (unpaired) electrons. The molecule has 0 amide bonds. The number of aliphatic hydroxyl groups excluding tert-OH is 9. The highest BCUT2D eigenvalue weighted by Crippen LogP contribution is 2.61. The van der Waals surface area contributed by atoms with E-state index in [1.165, 1.54) is 0 Å². The molecule has 0 aliphatic carbocycles. The molecule has 3 rings (SSSR count). The van der Waals surface area contributed by atoms with Gasteiger partial charge in [-0.2, -0.15) is 4.31 Å². The molecule has 2 unspecified atom stereocenters. The molecule has 3 fully saturated rings. The largest absolute Gasteiger partial charge is 0.481 e. The van der Waals surface area contributed by atoms with Crippen LogP contribution in [0.15, 0.2) is 0 Å².